The third kappa shape index (κ3) is 5.84. The van der Waals surface area contributed by atoms with Gasteiger partial charge >= 0.3 is 0 Å². The van der Waals surface area contributed by atoms with Gasteiger partial charge in [0.1, 0.15) is 6.61 Å². The van der Waals surface area contributed by atoms with Crippen LogP contribution in [0.2, 0.25) is 0 Å². The van der Waals surface area contributed by atoms with Crippen LogP contribution in [0.1, 0.15) is 29.2 Å². The van der Waals surface area contributed by atoms with Crippen LogP contribution >= 0.6 is 0 Å². The lowest BCUT2D eigenvalue weighted by atomic mass is 10.1. The number of aliphatic hydroxyl groups excluding tert-OH is 1. The Morgan fingerprint density at radius 3 is 2.18 bits per heavy atom. The summed E-state index contributed by atoms with van der Waals surface area (Å²) >= 11 is 0. The van der Waals surface area contributed by atoms with Crippen LogP contribution in [0.15, 0.2) is 72.8 Å². The number of rotatable bonds is 10. The maximum absolute atomic E-state index is 9.24. The predicted molar refractivity (Wildman–Crippen MR) is 111 cm³/mol. The Morgan fingerprint density at radius 1 is 0.714 bits per heavy atom. The van der Waals surface area contributed by atoms with Gasteiger partial charge in [-0.15, -0.1) is 0 Å². The van der Waals surface area contributed by atoms with E-state index >= 15 is 0 Å². The largest absolute Gasteiger partial charge is 0.490 e. The minimum absolute atomic E-state index is 0.0655. The van der Waals surface area contributed by atoms with Gasteiger partial charge in [0.2, 0.25) is 0 Å². The lowest BCUT2D eigenvalue weighted by Gasteiger charge is -2.14. The molecule has 0 bridgehead atoms. The van der Waals surface area contributed by atoms with E-state index in [1.807, 2.05) is 67.6 Å². The molecule has 0 unspecified atom stereocenters. The molecule has 3 aromatic rings. The summed E-state index contributed by atoms with van der Waals surface area (Å²) in [6.07, 6.45) is 0. The maximum Gasteiger partial charge on any atom is 0.161 e. The molecule has 0 heterocycles. The first-order chi connectivity index (χ1) is 13.8. The normalized spacial score (nSPS) is 10.6. The highest BCUT2D eigenvalue weighted by Gasteiger charge is 2.07. The number of nitrogens with one attached hydrogen (secondary N) is 1. The molecule has 0 aromatic heterocycles. The molecule has 4 nitrogen and oxygen atoms in total. The summed E-state index contributed by atoms with van der Waals surface area (Å²) in [7, 11) is 0. The molecular formula is C24H27NO3. The fourth-order valence-electron chi connectivity index (χ4n) is 2.97. The maximum atomic E-state index is 9.24. The third-order valence-corrected chi connectivity index (χ3v) is 4.38. The van der Waals surface area contributed by atoms with Gasteiger partial charge < -0.3 is 19.9 Å². The van der Waals surface area contributed by atoms with Gasteiger partial charge in [-0.05, 0) is 41.3 Å². The Labute approximate surface area is 166 Å². The van der Waals surface area contributed by atoms with Crippen LogP contribution in [0.5, 0.6) is 11.5 Å². The molecule has 4 heteroatoms. The highest BCUT2D eigenvalue weighted by atomic mass is 16.5. The van der Waals surface area contributed by atoms with E-state index in [0.29, 0.717) is 13.2 Å². The van der Waals surface area contributed by atoms with Crippen molar-refractivity contribution in [3.8, 4) is 11.5 Å². The van der Waals surface area contributed by atoms with Crippen LogP contribution in [-0.4, -0.2) is 11.7 Å². The van der Waals surface area contributed by atoms with Gasteiger partial charge in [0, 0.05) is 13.1 Å². The first-order valence-corrected chi connectivity index (χ1v) is 9.60. The average Bonchev–Trinajstić information content (AvgIpc) is 2.74. The lowest BCUT2D eigenvalue weighted by molar-refractivity contribution is 0.269. The van der Waals surface area contributed by atoms with Gasteiger partial charge in [0.25, 0.3) is 0 Å². The summed E-state index contributed by atoms with van der Waals surface area (Å²) in [5.41, 5.74) is 4.34. The molecule has 0 saturated heterocycles. The molecule has 0 aliphatic heterocycles. The predicted octanol–water partition coefficient (Wildman–Crippen LogP) is 4.45. The Bertz CT molecular complexity index is 865. The van der Waals surface area contributed by atoms with Crippen LogP contribution in [0.4, 0.5) is 0 Å². The van der Waals surface area contributed by atoms with Crippen LogP contribution in [-0.2, 0) is 26.3 Å². The molecule has 0 amide bonds. The summed E-state index contributed by atoms with van der Waals surface area (Å²) in [5.74, 6) is 1.52. The molecule has 146 valence electrons. The minimum Gasteiger partial charge on any atom is -0.490 e. The highest BCUT2D eigenvalue weighted by Crippen LogP contribution is 2.29. The second-order valence-corrected chi connectivity index (χ2v) is 6.57. The zero-order chi connectivity index (χ0) is 19.6. The van der Waals surface area contributed by atoms with Crippen molar-refractivity contribution in [3.05, 3.63) is 95.1 Å². The van der Waals surface area contributed by atoms with Gasteiger partial charge in [-0.1, -0.05) is 60.7 Å². The summed E-state index contributed by atoms with van der Waals surface area (Å²) in [6, 6.07) is 24.1. The molecule has 2 N–H and O–H groups in total. The second-order valence-electron chi connectivity index (χ2n) is 6.57. The molecule has 3 rings (SSSR count). The monoisotopic (exact) mass is 377 g/mol. The van der Waals surface area contributed by atoms with Crippen LogP contribution < -0.4 is 14.8 Å². The van der Waals surface area contributed by atoms with E-state index in [2.05, 4.69) is 17.4 Å². The Balaban J connectivity index is 1.59. The topological polar surface area (TPSA) is 50.7 Å². The molecule has 0 saturated carbocycles. The lowest BCUT2D eigenvalue weighted by Crippen LogP contribution is -2.13. The minimum atomic E-state index is 0.0655. The molecule has 0 aliphatic rings. The van der Waals surface area contributed by atoms with Crippen molar-refractivity contribution < 1.29 is 14.6 Å². The number of hydrogen-bond acceptors (Lipinski definition) is 4. The van der Waals surface area contributed by atoms with Crippen molar-refractivity contribution in [2.75, 3.05) is 6.61 Å². The molecule has 0 spiro atoms. The van der Waals surface area contributed by atoms with Crippen molar-refractivity contribution >= 4 is 0 Å². The first-order valence-electron chi connectivity index (χ1n) is 9.60. The zero-order valence-electron chi connectivity index (χ0n) is 16.2. The fourth-order valence-corrected chi connectivity index (χ4v) is 2.97. The summed E-state index contributed by atoms with van der Waals surface area (Å²) in [6.45, 7) is 4.61. The number of aliphatic hydroxyl groups is 1. The van der Waals surface area contributed by atoms with Gasteiger partial charge in [0.15, 0.2) is 11.5 Å². The zero-order valence-corrected chi connectivity index (χ0v) is 16.2. The summed E-state index contributed by atoms with van der Waals surface area (Å²) < 4.78 is 11.7. The van der Waals surface area contributed by atoms with Crippen LogP contribution in [0, 0.1) is 0 Å². The van der Waals surface area contributed by atoms with Crippen LogP contribution in [0.25, 0.3) is 0 Å². The Morgan fingerprint density at radius 2 is 1.43 bits per heavy atom. The third-order valence-electron chi connectivity index (χ3n) is 4.38. The number of ether oxygens (including phenoxy) is 2. The van der Waals surface area contributed by atoms with Crippen molar-refractivity contribution in [2.45, 2.75) is 33.2 Å². The molecule has 3 aromatic carbocycles. The number of benzene rings is 3. The van der Waals surface area contributed by atoms with Gasteiger partial charge in [0.05, 0.1) is 13.2 Å². The van der Waals surface area contributed by atoms with Crippen molar-refractivity contribution in [1.29, 1.82) is 0 Å². The van der Waals surface area contributed by atoms with Gasteiger partial charge in [-0.3, -0.25) is 0 Å². The van der Waals surface area contributed by atoms with E-state index < -0.39 is 0 Å². The molecule has 0 fully saturated rings. The fraction of sp³-hybridized carbons (Fsp3) is 0.250. The molecular weight excluding hydrogens is 350 g/mol. The first kappa shape index (κ1) is 19.9. The van der Waals surface area contributed by atoms with Crippen molar-refractivity contribution in [3.63, 3.8) is 0 Å². The van der Waals surface area contributed by atoms with E-state index in [-0.39, 0.29) is 6.61 Å². The second kappa shape index (κ2) is 10.5. The van der Waals surface area contributed by atoms with E-state index in [1.165, 1.54) is 0 Å². The molecule has 0 aliphatic carbocycles. The van der Waals surface area contributed by atoms with Crippen LogP contribution in [0.3, 0.4) is 0 Å². The average molecular weight is 377 g/mol. The van der Waals surface area contributed by atoms with E-state index in [0.717, 1.165) is 46.8 Å². The van der Waals surface area contributed by atoms with Crippen molar-refractivity contribution in [2.24, 2.45) is 0 Å². The number of hydrogen-bond donors (Lipinski definition) is 2. The Kier molecular flexibility index (Phi) is 7.47. The SMILES string of the molecule is CCOc1cc(CNCc2cccc(CO)c2)ccc1OCc1ccccc1. The highest BCUT2D eigenvalue weighted by molar-refractivity contribution is 5.43. The van der Waals surface area contributed by atoms with Gasteiger partial charge in [-0.2, -0.15) is 0 Å². The standard InChI is InChI=1S/C24H27NO3/c1-2-27-24-14-21(16-25-15-20-9-6-10-22(13-20)17-26)11-12-23(24)28-18-19-7-4-3-5-8-19/h3-14,25-26H,2,15-18H2,1H3. The van der Waals surface area contributed by atoms with E-state index in [4.69, 9.17) is 9.47 Å². The smallest absolute Gasteiger partial charge is 0.161 e. The quantitative estimate of drug-likeness (QED) is 0.548. The van der Waals surface area contributed by atoms with E-state index in [9.17, 15) is 5.11 Å². The van der Waals surface area contributed by atoms with Gasteiger partial charge in [-0.25, -0.2) is 0 Å². The molecule has 28 heavy (non-hydrogen) atoms. The molecule has 0 atom stereocenters. The summed E-state index contributed by atoms with van der Waals surface area (Å²) in [4.78, 5) is 0. The van der Waals surface area contributed by atoms with Crippen molar-refractivity contribution in [1.82, 2.24) is 5.32 Å². The molecule has 0 radical (unpaired) electrons. The summed E-state index contributed by atoms with van der Waals surface area (Å²) in [5, 5.41) is 12.7. The van der Waals surface area contributed by atoms with E-state index in [1.54, 1.807) is 0 Å². The Hall–Kier alpha value is -2.82.